The number of hydrogen-bond acceptors (Lipinski definition) is 6. The first-order valence-corrected chi connectivity index (χ1v) is 13.9. The number of methoxy groups -OCH3 is 1. The summed E-state index contributed by atoms with van der Waals surface area (Å²) in [5, 5.41) is 14.8. The third-order valence-electron chi connectivity index (χ3n) is 10.6. The van der Waals surface area contributed by atoms with Gasteiger partial charge in [0.25, 0.3) is 0 Å². The molecule has 0 aromatic heterocycles. The maximum atomic E-state index is 12.6. The number of aliphatic hydroxyl groups excluding tert-OH is 1. The molecule has 2 bridgehead atoms. The maximum absolute atomic E-state index is 12.6. The normalized spacial score (nSPS) is 40.5. The fourth-order valence-electron chi connectivity index (χ4n) is 8.86. The van der Waals surface area contributed by atoms with Gasteiger partial charge in [-0.05, 0) is 77.3 Å². The average molecular weight is 511 g/mol. The van der Waals surface area contributed by atoms with Crippen molar-refractivity contribution >= 4 is 5.91 Å². The zero-order chi connectivity index (χ0) is 27.0. The molecule has 0 saturated carbocycles. The monoisotopic (exact) mass is 510 g/mol. The lowest BCUT2D eigenvalue weighted by atomic mass is 9.46. The molecule has 2 aliphatic heterocycles. The van der Waals surface area contributed by atoms with Crippen LogP contribution in [0.1, 0.15) is 60.3 Å². The zero-order valence-electron chi connectivity index (χ0n) is 23.6. The number of piperidine rings is 2. The lowest BCUT2D eigenvalue weighted by molar-refractivity contribution is -0.135. The van der Waals surface area contributed by atoms with Crippen molar-refractivity contribution in [2.24, 2.45) is 34.6 Å². The van der Waals surface area contributed by atoms with Gasteiger partial charge in [0.15, 0.2) is 0 Å². The molecule has 2 saturated heterocycles. The van der Waals surface area contributed by atoms with Crippen molar-refractivity contribution < 1.29 is 14.6 Å². The fraction of sp³-hybridized carbons (Fsp3) is 0.700. The number of allylic oxidation sites excluding steroid dienone is 5. The van der Waals surface area contributed by atoms with Gasteiger partial charge in [0.1, 0.15) is 11.9 Å². The smallest absolute Gasteiger partial charge is 0.236 e. The number of nitrogens with one attached hydrogen (secondary N) is 1. The standard InChI is InChI=1S/C30H46N4O3/c1-14-8-19-12-30(5)24(21(20(19)10-15(14)2)13-33-29(36)17(4)31)25(32)22-11-18-9-16(3)27(37-7)26(35)23(18)28(30)34(22)6/h9,17,21-26,28,35H,8,10-13,31-32H2,1-7H3,(H,33,36)/t17-,21-,22-,23?,24?,25-,26?,28+,30+/m0/s1. The van der Waals surface area contributed by atoms with Crippen LogP contribution in [0.4, 0.5) is 0 Å². The number of nitrogens with zero attached hydrogens (tertiary/aromatic N) is 1. The second-order valence-electron chi connectivity index (χ2n) is 12.8. The van der Waals surface area contributed by atoms with Gasteiger partial charge in [0.05, 0.1) is 13.2 Å². The van der Waals surface area contributed by atoms with Crippen LogP contribution in [-0.2, 0) is 9.53 Å². The minimum atomic E-state index is -0.674. The Labute approximate surface area is 222 Å². The number of likely N-dealkylation sites (N-methyl/N-ethyl adjacent to an activating group) is 1. The molecule has 5 rings (SSSR count). The highest BCUT2D eigenvalue weighted by atomic mass is 16.5. The Bertz CT molecular complexity index is 1120. The van der Waals surface area contributed by atoms with Gasteiger partial charge in [-0.3, -0.25) is 9.69 Å². The van der Waals surface area contributed by atoms with E-state index >= 15 is 0 Å². The Hall–Kier alpha value is -1.93. The molecule has 0 aromatic carbocycles. The van der Waals surface area contributed by atoms with E-state index in [0.717, 1.165) is 31.3 Å². The van der Waals surface area contributed by atoms with Gasteiger partial charge in [0, 0.05) is 36.5 Å². The van der Waals surface area contributed by atoms with Crippen molar-refractivity contribution in [2.75, 3.05) is 20.7 Å². The minimum Gasteiger partial charge on any atom is -0.498 e. The Kier molecular flexibility index (Phi) is 6.75. The summed E-state index contributed by atoms with van der Waals surface area (Å²) >= 11 is 0. The molecular formula is C30H46N4O3. The van der Waals surface area contributed by atoms with Crippen molar-refractivity contribution in [1.29, 1.82) is 0 Å². The van der Waals surface area contributed by atoms with Gasteiger partial charge < -0.3 is 26.6 Å². The fourth-order valence-corrected chi connectivity index (χ4v) is 8.86. The number of fused-ring (bicyclic) bond motifs is 6. The van der Waals surface area contributed by atoms with E-state index in [1.54, 1.807) is 14.0 Å². The van der Waals surface area contributed by atoms with Crippen LogP contribution in [0.25, 0.3) is 0 Å². The van der Waals surface area contributed by atoms with Gasteiger partial charge in [-0.25, -0.2) is 0 Å². The average Bonchev–Trinajstić information content (AvgIpc) is 2.82. The Morgan fingerprint density at radius 3 is 2.62 bits per heavy atom. The number of ether oxygens (including phenoxy) is 1. The van der Waals surface area contributed by atoms with E-state index in [0.29, 0.717) is 12.3 Å². The van der Waals surface area contributed by atoms with Gasteiger partial charge >= 0.3 is 0 Å². The summed E-state index contributed by atoms with van der Waals surface area (Å²) in [5.41, 5.74) is 21.2. The second-order valence-corrected chi connectivity index (χ2v) is 12.8. The van der Waals surface area contributed by atoms with Crippen molar-refractivity contribution in [3.05, 3.63) is 45.3 Å². The van der Waals surface area contributed by atoms with Gasteiger partial charge in [-0.15, -0.1) is 0 Å². The van der Waals surface area contributed by atoms with Gasteiger partial charge in [-0.1, -0.05) is 40.9 Å². The number of carbonyl (C=O) groups is 1. The highest BCUT2D eigenvalue weighted by Gasteiger charge is 2.64. The molecule has 2 heterocycles. The summed E-state index contributed by atoms with van der Waals surface area (Å²) < 4.78 is 5.71. The van der Waals surface area contributed by atoms with E-state index in [9.17, 15) is 9.90 Å². The number of rotatable bonds is 4. The van der Waals surface area contributed by atoms with Crippen LogP contribution in [0.5, 0.6) is 0 Å². The van der Waals surface area contributed by atoms with E-state index in [1.807, 2.05) is 6.92 Å². The van der Waals surface area contributed by atoms with E-state index < -0.39 is 12.1 Å². The molecule has 0 spiro atoms. The summed E-state index contributed by atoms with van der Waals surface area (Å²) in [6.07, 6.45) is 5.31. The topological polar surface area (TPSA) is 114 Å². The van der Waals surface area contributed by atoms with E-state index in [-0.39, 0.29) is 47.2 Å². The Morgan fingerprint density at radius 2 is 1.97 bits per heavy atom. The molecule has 5 aliphatic rings. The van der Waals surface area contributed by atoms with Gasteiger partial charge in [0.2, 0.25) is 5.91 Å². The van der Waals surface area contributed by atoms with E-state index in [2.05, 4.69) is 44.1 Å². The Morgan fingerprint density at radius 1 is 1.30 bits per heavy atom. The van der Waals surface area contributed by atoms with Crippen molar-refractivity contribution in [2.45, 2.75) is 90.6 Å². The van der Waals surface area contributed by atoms with Gasteiger partial charge in [-0.2, -0.15) is 0 Å². The number of nitrogens with two attached hydrogens (primary N) is 2. The summed E-state index contributed by atoms with van der Waals surface area (Å²) in [4.78, 5) is 15.1. The second kappa shape index (κ2) is 9.37. The minimum absolute atomic E-state index is 0.0386. The highest BCUT2D eigenvalue weighted by Crippen LogP contribution is 2.62. The molecule has 1 amide bonds. The molecule has 3 aliphatic carbocycles. The first-order chi connectivity index (χ1) is 17.4. The summed E-state index contributed by atoms with van der Waals surface area (Å²) in [6, 6.07) is -0.289. The third kappa shape index (κ3) is 3.96. The van der Waals surface area contributed by atoms with Crippen LogP contribution < -0.4 is 16.8 Å². The molecule has 7 nitrogen and oxygen atoms in total. The molecule has 0 aromatic rings. The largest absolute Gasteiger partial charge is 0.498 e. The number of hydrogen-bond donors (Lipinski definition) is 4. The molecule has 37 heavy (non-hydrogen) atoms. The lowest BCUT2D eigenvalue weighted by Gasteiger charge is -2.67. The predicted octanol–water partition coefficient (Wildman–Crippen LogP) is 2.77. The summed E-state index contributed by atoms with van der Waals surface area (Å²) in [5.74, 6) is 0.860. The highest BCUT2D eigenvalue weighted by molar-refractivity contribution is 5.81. The first kappa shape index (κ1) is 26.7. The van der Waals surface area contributed by atoms with Crippen molar-refractivity contribution in [3.63, 3.8) is 0 Å². The SMILES string of the molecule is COC1=C(C)C=C2C[C@H]3[C@H](N)C4[C@@H](CNC(=O)[C@H](C)N)C5=C(CC(C)=C(C)C5)C[C@@]4(C)[C@@H](C2C1O)N3C. The molecule has 9 atom stereocenters. The van der Waals surface area contributed by atoms with Crippen LogP contribution in [-0.4, -0.2) is 66.9 Å². The zero-order valence-corrected chi connectivity index (χ0v) is 23.6. The first-order valence-electron chi connectivity index (χ1n) is 13.9. The predicted molar refractivity (Wildman–Crippen MR) is 146 cm³/mol. The van der Waals surface area contributed by atoms with Crippen LogP contribution in [0.2, 0.25) is 0 Å². The van der Waals surface area contributed by atoms with E-state index in [4.69, 9.17) is 16.2 Å². The Balaban J connectivity index is 1.62. The molecule has 7 heteroatoms. The molecular weight excluding hydrogens is 464 g/mol. The van der Waals surface area contributed by atoms with Crippen molar-refractivity contribution in [1.82, 2.24) is 10.2 Å². The molecule has 204 valence electrons. The molecule has 2 fully saturated rings. The number of amides is 1. The van der Waals surface area contributed by atoms with Crippen LogP contribution >= 0.6 is 0 Å². The third-order valence-corrected chi connectivity index (χ3v) is 10.6. The lowest BCUT2D eigenvalue weighted by Crippen LogP contribution is -2.74. The van der Waals surface area contributed by atoms with Crippen LogP contribution in [0.3, 0.4) is 0 Å². The van der Waals surface area contributed by atoms with Crippen molar-refractivity contribution in [3.8, 4) is 0 Å². The number of carbonyl (C=O) groups excluding carboxylic acids is 1. The summed E-state index contributed by atoms with van der Waals surface area (Å²) in [6.45, 7) is 11.2. The quantitative estimate of drug-likeness (QED) is 0.433. The van der Waals surface area contributed by atoms with Crippen LogP contribution in [0.15, 0.2) is 45.3 Å². The summed E-state index contributed by atoms with van der Waals surface area (Å²) in [7, 11) is 3.86. The number of aliphatic hydroxyl groups is 1. The van der Waals surface area contributed by atoms with E-state index in [1.165, 1.54) is 27.9 Å². The molecule has 0 radical (unpaired) electrons. The molecule has 6 N–H and O–H groups in total. The molecule has 3 unspecified atom stereocenters. The maximum Gasteiger partial charge on any atom is 0.236 e. The van der Waals surface area contributed by atoms with Crippen LogP contribution in [0, 0.1) is 23.2 Å².